The average Bonchev–Trinajstić information content (AvgIpc) is 3.06. The Labute approximate surface area is 266 Å². The summed E-state index contributed by atoms with van der Waals surface area (Å²) in [5.41, 5.74) is 11.3. The van der Waals surface area contributed by atoms with Gasteiger partial charge in [-0.05, 0) is 32.1 Å². The van der Waals surface area contributed by atoms with Crippen molar-refractivity contribution < 1.29 is 23.7 Å². The van der Waals surface area contributed by atoms with Crippen molar-refractivity contribution in [3.63, 3.8) is 0 Å². The summed E-state index contributed by atoms with van der Waals surface area (Å²) in [6.07, 6.45) is -3.66. The van der Waals surface area contributed by atoms with E-state index in [4.69, 9.17) is 18.6 Å². The van der Waals surface area contributed by atoms with Crippen LogP contribution in [0.15, 0.2) is 126 Å². The molecule has 45 heavy (non-hydrogen) atoms. The van der Waals surface area contributed by atoms with E-state index in [-0.39, 0.29) is 24.9 Å². The molecule has 5 rings (SSSR count). The van der Waals surface area contributed by atoms with E-state index in [1.54, 1.807) is 0 Å². The number of aliphatic hydroxyl groups excluding tert-OH is 1. The van der Waals surface area contributed by atoms with Gasteiger partial charge in [0.15, 0.2) is 6.29 Å². The summed E-state index contributed by atoms with van der Waals surface area (Å²) in [5, 5.41) is 17.1. The van der Waals surface area contributed by atoms with Gasteiger partial charge < -0.3 is 23.7 Å². The fourth-order valence-corrected chi connectivity index (χ4v) is 10.7. The van der Waals surface area contributed by atoms with Crippen LogP contribution in [0.1, 0.15) is 31.9 Å². The van der Waals surface area contributed by atoms with Crippen LogP contribution in [-0.2, 0) is 31.9 Å². The summed E-state index contributed by atoms with van der Waals surface area (Å²) in [6, 6.07) is 39.2. The Kier molecular flexibility index (Phi) is 10.9. The highest BCUT2D eigenvalue weighted by atomic mass is 28.4. The van der Waals surface area contributed by atoms with Crippen LogP contribution in [0.4, 0.5) is 0 Å². The zero-order valence-corrected chi connectivity index (χ0v) is 27.0. The zero-order valence-electron chi connectivity index (χ0n) is 26.0. The Morgan fingerprint density at radius 3 is 1.62 bits per heavy atom. The van der Waals surface area contributed by atoms with E-state index < -0.39 is 39.0 Å². The highest BCUT2D eigenvalue weighted by Crippen LogP contribution is 2.38. The molecule has 4 aromatic carbocycles. The molecule has 0 radical (unpaired) electrons. The first-order chi connectivity index (χ1) is 21.8. The molecular weight excluding hydrogens is 582 g/mol. The number of aliphatic hydroxyl groups is 1. The number of nitrogens with zero attached hydrogens (tertiary/aromatic N) is 3. The lowest BCUT2D eigenvalue weighted by Gasteiger charge is -2.47. The topological polar surface area (TPSA) is 106 Å². The number of hydrogen-bond donors (Lipinski definition) is 1. The Morgan fingerprint density at radius 1 is 0.733 bits per heavy atom. The van der Waals surface area contributed by atoms with Crippen LogP contribution in [-0.4, -0.2) is 50.7 Å². The van der Waals surface area contributed by atoms with Gasteiger partial charge in [0, 0.05) is 4.91 Å². The summed E-state index contributed by atoms with van der Waals surface area (Å²) in [6.45, 7) is 7.27. The number of ether oxygens (including phenoxy) is 3. The Bertz CT molecular complexity index is 1480. The normalized spacial score (nSPS) is 22.0. The molecule has 9 heteroatoms. The van der Waals surface area contributed by atoms with Crippen LogP contribution in [0.3, 0.4) is 0 Å². The third-order valence-electron chi connectivity index (χ3n) is 8.27. The maximum Gasteiger partial charge on any atom is 0.261 e. The molecule has 0 aliphatic carbocycles. The third-order valence-corrected chi connectivity index (χ3v) is 13.3. The maximum atomic E-state index is 11.2. The summed E-state index contributed by atoms with van der Waals surface area (Å²) in [5.74, 6) is 0. The fourth-order valence-electron chi connectivity index (χ4n) is 6.12. The predicted octanol–water partition coefficient (Wildman–Crippen LogP) is 6.13. The van der Waals surface area contributed by atoms with Gasteiger partial charge in [0.1, 0.15) is 24.4 Å². The van der Waals surface area contributed by atoms with E-state index in [0.29, 0.717) is 0 Å². The SMILES string of the molecule is CC(C)(C)[Si](OC[C@H]1OC(O)[C@H](N=[N+]=[N-])[C@@H](OCc2ccccc2)[C@@H]1OCc1ccccc1)(c1ccccc1)c1ccccc1. The largest absolute Gasteiger partial charge is 0.405 e. The molecule has 1 aliphatic rings. The van der Waals surface area contributed by atoms with Gasteiger partial charge in [-0.25, -0.2) is 0 Å². The van der Waals surface area contributed by atoms with E-state index in [1.165, 1.54) is 0 Å². The molecular formula is C36H41N3O5Si. The van der Waals surface area contributed by atoms with Crippen LogP contribution in [0.5, 0.6) is 0 Å². The molecule has 1 N–H and O–H groups in total. The van der Waals surface area contributed by atoms with Gasteiger partial charge in [0.05, 0.1) is 19.8 Å². The second-order valence-corrected chi connectivity index (χ2v) is 16.6. The zero-order chi connectivity index (χ0) is 31.7. The molecule has 5 atom stereocenters. The second kappa shape index (κ2) is 15.0. The van der Waals surface area contributed by atoms with Crippen molar-refractivity contribution in [3.8, 4) is 0 Å². The molecule has 1 fully saturated rings. The quantitative estimate of drug-likeness (QED) is 0.0885. The highest BCUT2D eigenvalue weighted by molar-refractivity contribution is 6.99. The Hall–Kier alpha value is -3.79. The first kappa shape index (κ1) is 32.6. The minimum absolute atomic E-state index is 0.123. The maximum absolute atomic E-state index is 11.2. The smallest absolute Gasteiger partial charge is 0.261 e. The van der Waals surface area contributed by atoms with E-state index in [2.05, 4.69) is 55.1 Å². The lowest BCUT2D eigenvalue weighted by atomic mass is 9.97. The Morgan fingerprint density at radius 2 is 1.18 bits per heavy atom. The van der Waals surface area contributed by atoms with Crippen molar-refractivity contribution in [1.82, 2.24) is 0 Å². The minimum atomic E-state index is -2.94. The van der Waals surface area contributed by atoms with Gasteiger partial charge in [-0.3, -0.25) is 0 Å². The van der Waals surface area contributed by atoms with Crippen molar-refractivity contribution in [2.75, 3.05) is 6.61 Å². The van der Waals surface area contributed by atoms with Crippen LogP contribution < -0.4 is 10.4 Å². The van der Waals surface area contributed by atoms with Crippen LogP contribution >= 0.6 is 0 Å². The molecule has 4 aromatic rings. The van der Waals surface area contributed by atoms with Crippen LogP contribution in [0.25, 0.3) is 10.4 Å². The minimum Gasteiger partial charge on any atom is -0.405 e. The van der Waals surface area contributed by atoms with E-state index in [9.17, 15) is 10.6 Å². The molecule has 1 saturated heterocycles. The number of hydrogen-bond acceptors (Lipinski definition) is 6. The molecule has 234 valence electrons. The highest BCUT2D eigenvalue weighted by Gasteiger charge is 2.53. The third kappa shape index (κ3) is 7.54. The van der Waals surface area contributed by atoms with E-state index >= 15 is 0 Å². The monoisotopic (exact) mass is 623 g/mol. The number of benzene rings is 4. The molecule has 0 saturated carbocycles. The molecule has 0 aromatic heterocycles. The molecule has 0 bridgehead atoms. The second-order valence-electron chi connectivity index (χ2n) is 12.3. The molecule has 1 unspecified atom stereocenters. The van der Waals surface area contributed by atoms with Gasteiger partial charge in [-0.2, -0.15) is 0 Å². The van der Waals surface area contributed by atoms with Crippen molar-refractivity contribution in [1.29, 1.82) is 0 Å². The van der Waals surface area contributed by atoms with Gasteiger partial charge >= 0.3 is 0 Å². The van der Waals surface area contributed by atoms with Gasteiger partial charge in [0.2, 0.25) is 0 Å². The fraction of sp³-hybridized carbons (Fsp3) is 0.333. The summed E-state index contributed by atoms with van der Waals surface area (Å²) in [7, 11) is -2.94. The first-order valence-corrected chi connectivity index (χ1v) is 17.2. The molecule has 0 amide bonds. The van der Waals surface area contributed by atoms with E-state index in [0.717, 1.165) is 21.5 Å². The lowest BCUT2D eigenvalue weighted by Crippen LogP contribution is -2.68. The predicted molar refractivity (Wildman–Crippen MR) is 177 cm³/mol. The molecule has 0 spiro atoms. The van der Waals surface area contributed by atoms with Crippen molar-refractivity contribution >= 4 is 18.7 Å². The number of rotatable bonds is 12. The first-order valence-electron chi connectivity index (χ1n) is 15.3. The average molecular weight is 624 g/mol. The van der Waals surface area contributed by atoms with E-state index in [1.807, 2.05) is 97.1 Å². The van der Waals surface area contributed by atoms with Gasteiger partial charge in [-0.15, -0.1) is 0 Å². The van der Waals surface area contributed by atoms with Gasteiger partial charge in [-0.1, -0.05) is 147 Å². The van der Waals surface area contributed by atoms with Crippen LogP contribution in [0, 0.1) is 0 Å². The van der Waals surface area contributed by atoms with Crippen LogP contribution in [0.2, 0.25) is 5.04 Å². The van der Waals surface area contributed by atoms with Crippen molar-refractivity contribution in [2.24, 2.45) is 5.11 Å². The molecule has 1 aliphatic heterocycles. The lowest BCUT2D eigenvalue weighted by molar-refractivity contribution is -0.269. The standard InChI is InChI=1S/C36H41N3O5Si/c1-36(2,3)45(29-20-12-6-13-21-29,30-22-14-7-15-23-30)43-26-31-33(41-24-27-16-8-4-9-17-27)34(32(38-39-37)35(40)44-31)42-25-28-18-10-5-11-19-28/h4-23,31-35,40H,24-26H2,1-3H3/t31-,32-,33-,34-,35?/m1/s1. The number of azide groups is 1. The molecule has 8 nitrogen and oxygen atoms in total. The van der Waals surface area contributed by atoms with Crippen molar-refractivity contribution in [2.45, 2.75) is 69.7 Å². The van der Waals surface area contributed by atoms with Crippen molar-refractivity contribution in [3.05, 3.63) is 143 Å². The molecule has 1 heterocycles. The summed E-state index contributed by atoms with van der Waals surface area (Å²) >= 11 is 0. The summed E-state index contributed by atoms with van der Waals surface area (Å²) in [4.78, 5) is 3.01. The Balaban J connectivity index is 1.52. The van der Waals surface area contributed by atoms with Gasteiger partial charge in [0.25, 0.3) is 8.32 Å². The summed E-state index contributed by atoms with van der Waals surface area (Å²) < 4.78 is 26.4.